The summed E-state index contributed by atoms with van der Waals surface area (Å²) >= 11 is 0. The molecule has 94 valence electrons. The number of rotatable bonds is 3. The molecule has 0 aromatic heterocycles. The van der Waals surface area contributed by atoms with Crippen molar-refractivity contribution in [1.29, 1.82) is 0 Å². The first-order valence-electron chi connectivity index (χ1n) is 6.91. The molecule has 0 aliphatic heterocycles. The van der Waals surface area contributed by atoms with Crippen molar-refractivity contribution >= 4 is 0 Å². The van der Waals surface area contributed by atoms with Crippen LogP contribution in [0.2, 0.25) is 0 Å². The maximum Gasteiger partial charge on any atom is 0.0608 e. The molecule has 0 radical (unpaired) electrons. The summed E-state index contributed by atoms with van der Waals surface area (Å²) in [4.78, 5) is 0. The zero-order valence-corrected chi connectivity index (χ0v) is 11.1. The average Bonchev–Trinajstić information content (AvgIpc) is 2.35. The first kappa shape index (κ1) is 12.6. The monoisotopic (exact) mass is 232 g/mol. The molecule has 1 nitrogen and oxygen atoms in total. The summed E-state index contributed by atoms with van der Waals surface area (Å²) in [6, 6.07) is 6.40. The molecule has 0 saturated heterocycles. The second-order valence-corrected chi connectivity index (χ2v) is 5.54. The molecule has 0 heterocycles. The predicted molar refractivity (Wildman–Crippen MR) is 72.2 cm³/mol. The van der Waals surface area contributed by atoms with E-state index in [2.05, 4.69) is 32.0 Å². The fraction of sp³-hybridized carbons (Fsp3) is 0.625. The van der Waals surface area contributed by atoms with Gasteiger partial charge in [-0.1, -0.05) is 37.5 Å². The number of aliphatic hydroxyl groups excluding tert-OH is 1. The molecule has 17 heavy (non-hydrogen) atoms. The fourth-order valence-corrected chi connectivity index (χ4v) is 3.07. The summed E-state index contributed by atoms with van der Waals surface area (Å²) in [5.41, 5.74) is 3.99. The molecule has 1 aliphatic rings. The minimum Gasteiger partial charge on any atom is -0.392 e. The summed E-state index contributed by atoms with van der Waals surface area (Å²) in [5, 5.41) is 10.4. The predicted octanol–water partition coefficient (Wildman–Crippen LogP) is 3.79. The molecule has 0 spiro atoms. The van der Waals surface area contributed by atoms with E-state index in [1.165, 1.54) is 48.8 Å². The van der Waals surface area contributed by atoms with E-state index in [1.807, 2.05) is 0 Å². The quantitative estimate of drug-likeness (QED) is 0.840. The molecule has 1 atom stereocenters. The average molecular weight is 232 g/mol. The van der Waals surface area contributed by atoms with E-state index >= 15 is 0 Å². The fourth-order valence-electron chi connectivity index (χ4n) is 3.07. The highest BCUT2D eigenvalue weighted by molar-refractivity contribution is 5.34. The minimum absolute atomic E-state index is 0.143. The van der Waals surface area contributed by atoms with Gasteiger partial charge in [0.1, 0.15) is 0 Å². The maximum atomic E-state index is 10.4. The SMILES string of the molecule is Cc1cccc(C)c1CC(O)C1CCCCC1. The molecule has 1 aliphatic carbocycles. The van der Waals surface area contributed by atoms with Crippen LogP contribution in [0.25, 0.3) is 0 Å². The Bertz CT molecular complexity index is 344. The second kappa shape index (κ2) is 5.68. The molecule has 0 bridgehead atoms. The Balaban J connectivity index is 2.04. The normalized spacial score (nSPS) is 19.2. The van der Waals surface area contributed by atoms with Crippen LogP contribution >= 0.6 is 0 Å². The Morgan fingerprint density at radius 1 is 1.12 bits per heavy atom. The van der Waals surface area contributed by atoms with Gasteiger partial charge in [0.2, 0.25) is 0 Å². The maximum absolute atomic E-state index is 10.4. The lowest BCUT2D eigenvalue weighted by Crippen LogP contribution is -2.25. The van der Waals surface area contributed by atoms with Crippen LogP contribution in [0.4, 0.5) is 0 Å². The van der Waals surface area contributed by atoms with E-state index in [0.29, 0.717) is 5.92 Å². The zero-order chi connectivity index (χ0) is 12.3. The number of aryl methyl sites for hydroxylation is 2. The third kappa shape index (κ3) is 3.10. The van der Waals surface area contributed by atoms with Crippen molar-refractivity contribution in [3.63, 3.8) is 0 Å². The molecule has 1 heteroatoms. The molecular weight excluding hydrogens is 208 g/mol. The lowest BCUT2D eigenvalue weighted by atomic mass is 9.82. The highest BCUT2D eigenvalue weighted by atomic mass is 16.3. The van der Waals surface area contributed by atoms with Crippen LogP contribution in [0, 0.1) is 19.8 Å². The van der Waals surface area contributed by atoms with Crippen molar-refractivity contribution in [3.05, 3.63) is 34.9 Å². The van der Waals surface area contributed by atoms with Crippen LogP contribution in [-0.2, 0) is 6.42 Å². The number of hydrogen-bond acceptors (Lipinski definition) is 1. The minimum atomic E-state index is -0.143. The van der Waals surface area contributed by atoms with E-state index < -0.39 is 0 Å². The third-order valence-electron chi connectivity index (χ3n) is 4.25. The van der Waals surface area contributed by atoms with Crippen LogP contribution in [-0.4, -0.2) is 11.2 Å². The van der Waals surface area contributed by atoms with Crippen LogP contribution in [0.1, 0.15) is 48.8 Å². The molecule has 1 aromatic carbocycles. The third-order valence-corrected chi connectivity index (χ3v) is 4.25. The number of hydrogen-bond donors (Lipinski definition) is 1. The Morgan fingerprint density at radius 2 is 1.71 bits per heavy atom. The van der Waals surface area contributed by atoms with E-state index in [4.69, 9.17) is 0 Å². The van der Waals surface area contributed by atoms with Crippen LogP contribution < -0.4 is 0 Å². The van der Waals surface area contributed by atoms with Gasteiger partial charge in [-0.3, -0.25) is 0 Å². The highest BCUT2D eigenvalue weighted by Gasteiger charge is 2.22. The van der Waals surface area contributed by atoms with Crippen LogP contribution in [0.5, 0.6) is 0 Å². The summed E-state index contributed by atoms with van der Waals surface area (Å²) in [5.74, 6) is 0.530. The van der Waals surface area contributed by atoms with Gasteiger partial charge in [-0.15, -0.1) is 0 Å². The van der Waals surface area contributed by atoms with Gasteiger partial charge in [-0.2, -0.15) is 0 Å². The molecule has 1 fully saturated rings. The molecule has 2 rings (SSSR count). The Labute approximate surface area is 105 Å². The standard InChI is InChI=1S/C16H24O/c1-12-7-6-8-13(2)15(12)11-16(17)14-9-4-3-5-10-14/h6-8,14,16-17H,3-5,9-11H2,1-2H3. The van der Waals surface area contributed by atoms with Gasteiger partial charge < -0.3 is 5.11 Å². The Kier molecular flexibility index (Phi) is 4.22. The number of benzene rings is 1. The van der Waals surface area contributed by atoms with Gasteiger partial charge >= 0.3 is 0 Å². The lowest BCUT2D eigenvalue weighted by Gasteiger charge is -2.27. The van der Waals surface area contributed by atoms with Gasteiger partial charge in [0.05, 0.1) is 6.10 Å². The summed E-state index contributed by atoms with van der Waals surface area (Å²) in [7, 11) is 0. The van der Waals surface area contributed by atoms with Gasteiger partial charge in [0.15, 0.2) is 0 Å². The molecule has 1 aromatic rings. The van der Waals surface area contributed by atoms with Crippen molar-refractivity contribution in [2.75, 3.05) is 0 Å². The van der Waals surface area contributed by atoms with E-state index in [-0.39, 0.29) is 6.10 Å². The largest absolute Gasteiger partial charge is 0.392 e. The van der Waals surface area contributed by atoms with Crippen molar-refractivity contribution in [3.8, 4) is 0 Å². The molecule has 1 saturated carbocycles. The van der Waals surface area contributed by atoms with Crippen molar-refractivity contribution < 1.29 is 5.11 Å². The van der Waals surface area contributed by atoms with Crippen molar-refractivity contribution in [1.82, 2.24) is 0 Å². The van der Waals surface area contributed by atoms with E-state index in [9.17, 15) is 5.11 Å². The van der Waals surface area contributed by atoms with Gasteiger partial charge in [-0.25, -0.2) is 0 Å². The van der Waals surface area contributed by atoms with Crippen molar-refractivity contribution in [2.45, 2.75) is 58.5 Å². The summed E-state index contributed by atoms with van der Waals surface area (Å²) in [6.45, 7) is 4.30. The summed E-state index contributed by atoms with van der Waals surface area (Å²) < 4.78 is 0. The summed E-state index contributed by atoms with van der Waals surface area (Å²) in [6.07, 6.45) is 7.08. The van der Waals surface area contributed by atoms with Crippen LogP contribution in [0.15, 0.2) is 18.2 Å². The molecule has 0 amide bonds. The zero-order valence-electron chi connectivity index (χ0n) is 11.1. The second-order valence-electron chi connectivity index (χ2n) is 5.54. The lowest BCUT2D eigenvalue weighted by molar-refractivity contribution is 0.0848. The molecule has 1 unspecified atom stereocenters. The Hall–Kier alpha value is -0.820. The number of aliphatic hydroxyl groups is 1. The smallest absolute Gasteiger partial charge is 0.0608 e. The topological polar surface area (TPSA) is 20.2 Å². The van der Waals surface area contributed by atoms with E-state index in [1.54, 1.807) is 0 Å². The van der Waals surface area contributed by atoms with Crippen LogP contribution in [0.3, 0.4) is 0 Å². The van der Waals surface area contributed by atoms with Gasteiger partial charge in [-0.05, 0) is 55.7 Å². The van der Waals surface area contributed by atoms with Crippen molar-refractivity contribution in [2.24, 2.45) is 5.92 Å². The van der Waals surface area contributed by atoms with Gasteiger partial charge in [0, 0.05) is 0 Å². The van der Waals surface area contributed by atoms with E-state index in [0.717, 1.165) is 6.42 Å². The first-order chi connectivity index (χ1) is 8.18. The van der Waals surface area contributed by atoms with Gasteiger partial charge in [0.25, 0.3) is 0 Å². The highest BCUT2D eigenvalue weighted by Crippen LogP contribution is 2.29. The Morgan fingerprint density at radius 3 is 2.29 bits per heavy atom. The first-order valence-corrected chi connectivity index (χ1v) is 6.91. The molecule has 1 N–H and O–H groups in total. The molecular formula is C16H24O.